The Morgan fingerprint density at radius 2 is 1.86 bits per heavy atom. The van der Waals surface area contributed by atoms with Crippen molar-refractivity contribution in [3.63, 3.8) is 0 Å². The number of hydrogen-bond acceptors (Lipinski definition) is 6. The SMILES string of the molecule is CC(C)Oc1cccc(C2C(C(=O)c3cc4cc(Cl)ccc4o3)=C(O)C(=O)N2c2ccc(C#N)cc2)c1. The zero-order valence-electron chi connectivity index (χ0n) is 19.9. The number of nitriles is 1. The van der Waals surface area contributed by atoms with Crippen LogP contribution in [0, 0.1) is 11.3 Å². The van der Waals surface area contributed by atoms with E-state index in [0.717, 1.165) is 0 Å². The topological polar surface area (TPSA) is 104 Å². The Morgan fingerprint density at radius 3 is 2.57 bits per heavy atom. The third-order valence-electron chi connectivity index (χ3n) is 5.98. The van der Waals surface area contributed by atoms with Gasteiger partial charge in [-0.1, -0.05) is 23.7 Å². The van der Waals surface area contributed by atoms with E-state index in [1.54, 1.807) is 66.7 Å². The number of aliphatic hydroxyl groups excluding tert-OH is 1. The minimum Gasteiger partial charge on any atom is -0.503 e. The quantitative estimate of drug-likeness (QED) is 0.295. The van der Waals surface area contributed by atoms with E-state index in [-0.39, 0.29) is 17.4 Å². The molecule has 0 fully saturated rings. The van der Waals surface area contributed by atoms with Crippen LogP contribution in [0.2, 0.25) is 5.02 Å². The Balaban J connectivity index is 1.65. The molecular weight excluding hydrogens is 492 g/mol. The summed E-state index contributed by atoms with van der Waals surface area (Å²) in [5.74, 6) is -1.53. The zero-order chi connectivity index (χ0) is 26.3. The molecule has 0 bridgehead atoms. The number of amides is 1. The van der Waals surface area contributed by atoms with E-state index in [0.29, 0.717) is 38.6 Å². The number of anilines is 1. The summed E-state index contributed by atoms with van der Waals surface area (Å²) in [7, 11) is 0. The molecule has 0 saturated carbocycles. The van der Waals surface area contributed by atoms with Gasteiger partial charge >= 0.3 is 0 Å². The summed E-state index contributed by atoms with van der Waals surface area (Å²) >= 11 is 6.08. The maximum atomic E-state index is 13.8. The van der Waals surface area contributed by atoms with Gasteiger partial charge < -0.3 is 14.3 Å². The van der Waals surface area contributed by atoms with E-state index < -0.39 is 23.5 Å². The molecule has 3 aromatic carbocycles. The average molecular weight is 513 g/mol. The lowest BCUT2D eigenvalue weighted by Crippen LogP contribution is -2.31. The zero-order valence-corrected chi connectivity index (χ0v) is 20.7. The van der Waals surface area contributed by atoms with Gasteiger partial charge in [0.2, 0.25) is 5.78 Å². The number of furan rings is 1. The summed E-state index contributed by atoms with van der Waals surface area (Å²) < 4.78 is 11.6. The molecule has 184 valence electrons. The molecule has 7 nitrogen and oxygen atoms in total. The average Bonchev–Trinajstić information content (AvgIpc) is 3.42. The van der Waals surface area contributed by atoms with Crippen molar-refractivity contribution in [3.05, 3.63) is 106 Å². The van der Waals surface area contributed by atoms with Crippen LogP contribution in [0.1, 0.15) is 41.6 Å². The van der Waals surface area contributed by atoms with E-state index in [4.69, 9.17) is 20.8 Å². The second-order valence-corrected chi connectivity index (χ2v) is 9.30. The van der Waals surface area contributed by atoms with Crippen LogP contribution in [0.25, 0.3) is 11.0 Å². The molecule has 0 spiro atoms. The molecule has 0 radical (unpaired) electrons. The molecule has 1 aromatic heterocycles. The largest absolute Gasteiger partial charge is 0.503 e. The molecule has 1 aliphatic rings. The molecule has 0 saturated heterocycles. The minimum atomic E-state index is -0.972. The van der Waals surface area contributed by atoms with Crippen LogP contribution < -0.4 is 9.64 Å². The lowest BCUT2D eigenvalue weighted by molar-refractivity contribution is -0.117. The van der Waals surface area contributed by atoms with Gasteiger partial charge in [0, 0.05) is 16.1 Å². The molecule has 5 rings (SSSR count). The molecule has 0 aliphatic carbocycles. The number of Topliss-reactive ketones (excluding diaryl/α,β-unsaturated/α-hetero) is 1. The predicted molar refractivity (Wildman–Crippen MR) is 139 cm³/mol. The number of ketones is 1. The third kappa shape index (κ3) is 4.44. The number of benzene rings is 3. The normalized spacial score (nSPS) is 15.5. The highest BCUT2D eigenvalue weighted by Gasteiger charge is 2.45. The van der Waals surface area contributed by atoms with Crippen molar-refractivity contribution in [3.8, 4) is 11.8 Å². The first-order valence-corrected chi connectivity index (χ1v) is 11.9. The molecule has 37 heavy (non-hydrogen) atoms. The Bertz CT molecular complexity index is 1610. The Kier molecular flexibility index (Phi) is 6.20. The highest BCUT2D eigenvalue weighted by molar-refractivity contribution is 6.31. The fourth-order valence-corrected chi connectivity index (χ4v) is 4.58. The maximum absolute atomic E-state index is 13.8. The van der Waals surface area contributed by atoms with Gasteiger partial charge in [-0.05, 0) is 80.1 Å². The molecule has 2 heterocycles. The van der Waals surface area contributed by atoms with Gasteiger partial charge in [0.1, 0.15) is 11.3 Å². The van der Waals surface area contributed by atoms with Crippen molar-refractivity contribution in [2.24, 2.45) is 0 Å². The summed E-state index contributed by atoms with van der Waals surface area (Å²) in [5, 5.41) is 21.3. The van der Waals surface area contributed by atoms with Crippen molar-refractivity contribution < 1.29 is 23.8 Å². The lowest BCUT2D eigenvalue weighted by Gasteiger charge is -2.27. The standard InChI is InChI=1S/C29H21ClN2O5/c1-16(2)36-22-5-3-4-18(13-22)26-25(27(33)24-14-19-12-20(30)8-11-23(19)37-24)28(34)29(35)32(26)21-9-6-17(15-31)7-10-21/h3-14,16,26,34H,1-2H3. The molecule has 1 unspecified atom stereocenters. The Labute approximate surface area is 217 Å². The van der Waals surface area contributed by atoms with Crippen molar-refractivity contribution in [2.45, 2.75) is 26.0 Å². The molecule has 8 heteroatoms. The summed E-state index contributed by atoms with van der Waals surface area (Å²) in [6, 6.07) is 20.9. The molecule has 1 atom stereocenters. The number of carbonyl (C=O) groups is 2. The van der Waals surface area contributed by atoms with Gasteiger partial charge in [0.25, 0.3) is 5.91 Å². The van der Waals surface area contributed by atoms with Crippen LogP contribution in [0.5, 0.6) is 5.75 Å². The first-order chi connectivity index (χ1) is 17.8. The Morgan fingerprint density at radius 1 is 1.11 bits per heavy atom. The monoisotopic (exact) mass is 512 g/mol. The smallest absolute Gasteiger partial charge is 0.294 e. The number of hydrogen-bond donors (Lipinski definition) is 1. The minimum absolute atomic E-state index is 0.0344. The van der Waals surface area contributed by atoms with E-state index in [1.165, 1.54) is 11.0 Å². The van der Waals surface area contributed by atoms with Crippen molar-refractivity contribution >= 4 is 39.9 Å². The fourth-order valence-electron chi connectivity index (χ4n) is 4.40. The predicted octanol–water partition coefficient (Wildman–Crippen LogP) is 6.53. The summed E-state index contributed by atoms with van der Waals surface area (Å²) in [6.07, 6.45) is -0.0949. The third-order valence-corrected chi connectivity index (χ3v) is 6.21. The maximum Gasteiger partial charge on any atom is 0.294 e. The van der Waals surface area contributed by atoms with Crippen LogP contribution in [-0.2, 0) is 4.79 Å². The summed E-state index contributed by atoms with van der Waals surface area (Å²) in [6.45, 7) is 3.78. The van der Waals surface area contributed by atoms with Gasteiger partial charge in [-0.25, -0.2) is 0 Å². The van der Waals surface area contributed by atoms with Crippen molar-refractivity contribution in [2.75, 3.05) is 4.90 Å². The van der Waals surface area contributed by atoms with Crippen molar-refractivity contribution in [1.82, 2.24) is 0 Å². The van der Waals surface area contributed by atoms with E-state index in [9.17, 15) is 20.0 Å². The van der Waals surface area contributed by atoms with Crippen molar-refractivity contribution in [1.29, 1.82) is 5.26 Å². The summed E-state index contributed by atoms with van der Waals surface area (Å²) in [5.41, 5.74) is 1.71. The molecule has 1 aliphatic heterocycles. The van der Waals surface area contributed by atoms with Crippen LogP contribution in [0.3, 0.4) is 0 Å². The van der Waals surface area contributed by atoms with Gasteiger partial charge in [-0.15, -0.1) is 0 Å². The molecule has 4 aromatic rings. The first kappa shape index (κ1) is 24.2. The van der Waals surface area contributed by atoms with Crippen LogP contribution >= 0.6 is 11.6 Å². The van der Waals surface area contributed by atoms with Gasteiger partial charge in [-0.2, -0.15) is 5.26 Å². The first-order valence-electron chi connectivity index (χ1n) is 11.5. The molecular formula is C29H21ClN2O5. The summed E-state index contributed by atoms with van der Waals surface area (Å²) in [4.78, 5) is 28.5. The fraction of sp³-hybridized carbons (Fsp3) is 0.138. The number of carbonyl (C=O) groups excluding carboxylic acids is 2. The number of ether oxygens (including phenoxy) is 1. The second kappa shape index (κ2) is 9.49. The number of nitrogens with zero attached hydrogens (tertiary/aromatic N) is 2. The number of rotatable bonds is 6. The van der Waals surface area contributed by atoms with Gasteiger partial charge in [0.05, 0.1) is 29.4 Å². The van der Waals surface area contributed by atoms with Crippen LogP contribution in [-0.4, -0.2) is 22.9 Å². The number of fused-ring (bicyclic) bond motifs is 1. The lowest BCUT2D eigenvalue weighted by atomic mass is 9.94. The second-order valence-electron chi connectivity index (χ2n) is 8.86. The van der Waals surface area contributed by atoms with E-state index in [2.05, 4.69) is 0 Å². The van der Waals surface area contributed by atoms with E-state index in [1.807, 2.05) is 19.9 Å². The van der Waals surface area contributed by atoms with Crippen LogP contribution in [0.15, 0.2) is 88.5 Å². The van der Waals surface area contributed by atoms with Gasteiger partial charge in [-0.3, -0.25) is 14.5 Å². The number of aliphatic hydroxyl groups is 1. The Hall–Kier alpha value is -4.54. The molecule has 1 N–H and O–H groups in total. The highest BCUT2D eigenvalue weighted by atomic mass is 35.5. The van der Waals surface area contributed by atoms with Gasteiger partial charge in [0.15, 0.2) is 11.5 Å². The van der Waals surface area contributed by atoms with Crippen LogP contribution in [0.4, 0.5) is 5.69 Å². The molecule has 1 amide bonds. The van der Waals surface area contributed by atoms with E-state index >= 15 is 0 Å². The highest BCUT2D eigenvalue weighted by Crippen LogP contribution is 2.43. The number of halogens is 1.